The molecule has 1 rings (SSSR count). The summed E-state index contributed by atoms with van der Waals surface area (Å²) in [7, 11) is -3.05. The Morgan fingerprint density at radius 3 is 2.50 bits per heavy atom. The standard InChI is InChI=1S/C7H7F2IN2O3S/c1-15-6-3(16(11,13)14)2-4(10)12-5(6)7(8)9/h2,7H,1H3,(H2,11,13,14). The van der Waals surface area contributed by atoms with Gasteiger partial charge < -0.3 is 4.74 Å². The van der Waals surface area contributed by atoms with E-state index in [2.05, 4.69) is 9.72 Å². The predicted molar refractivity (Wildman–Crippen MR) is 59.8 cm³/mol. The molecule has 0 aliphatic carbocycles. The maximum Gasteiger partial charge on any atom is 0.284 e. The van der Waals surface area contributed by atoms with Crippen LogP contribution < -0.4 is 9.88 Å². The van der Waals surface area contributed by atoms with E-state index in [1.165, 1.54) is 0 Å². The highest BCUT2D eigenvalue weighted by atomic mass is 127. The first-order valence-electron chi connectivity index (χ1n) is 3.82. The zero-order valence-electron chi connectivity index (χ0n) is 7.95. The molecule has 0 saturated heterocycles. The largest absolute Gasteiger partial charge is 0.493 e. The van der Waals surface area contributed by atoms with Crippen LogP contribution in [0.25, 0.3) is 0 Å². The lowest BCUT2D eigenvalue weighted by Crippen LogP contribution is -2.15. The van der Waals surface area contributed by atoms with Crippen molar-refractivity contribution in [2.75, 3.05) is 7.11 Å². The van der Waals surface area contributed by atoms with Crippen LogP contribution in [0.1, 0.15) is 12.1 Å². The van der Waals surface area contributed by atoms with Crippen molar-refractivity contribution in [1.82, 2.24) is 4.98 Å². The summed E-state index contributed by atoms with van der Waals surface area (Å²) >= 11 is 1.62. The lowest BCUT2D eigenvalue weighted by Gasteiger charge is -2.11. The Kier molecular flexibility index (Phi) is 4.02. The third-order valence-electron chi connectivity index (χ3n) is 1.65. The van der Waals surface area contributed by atoms with Crippen LogP contribution in [0.5, 0.6) is 5.75 Å². The number of primary sulfonamides is 1. The molecule has 0 radical (unpaired) electrons. The monoisotopic (exact) mass is 364 g/mol. The summed E-state index contributed by atoms with van der Waals surface area (Å²) in [5.41, 5.74) is -0.738. The Balaban J connectivity index is 3.62. The minimum Gasteiger partial charge on any atom is -0.493 e. The molecule has 16 heavy (non-hydrogen) atoms. The van der Waals surface area contributed by atoms with Crippen LogP contribution in [0.2, 0.25) is 0 Å². The number of methoxy groups -OCH3 is 1. The van der Waals surface area contributed by atoms with E-state index in [0.717, 1.165) is 13.2 Å². The van der Waals surface area contributed by atoms with Gasteiger partial charge in [0.1, 0.15) is 8.60 Å². The Labute approximate surface area is 104 Å². The van der Waals surface area contributed by atoms with E-state index in [0.29, 0.717) is 0 Å². The van der Waals surface area contributed by atoms with Crippen molar-refractivity contribution in [2.24, 2.45) is 5.14 Å². The van der Waals surface area contributed by atoms with Gasteiger partial charge in [0.05, 0.1) is 7.11 Å². The van der Waals surface area contributed by atoms with E-state index in [9.17, 15) is 17.2 Å². The number of rotatable bonds is 3. The highest BCUT2D eigenvalue weighted by Gasteiger charge is 2.25. The molecule has 0 unspecified atom stereocenters. The van der Waals surface area contributed by atoms with Crippen LogP contribution in [0.15, 0.2) is 11.0 Å². The maximum atomic E-state index is 12.6. The molecule has 90 valence electrons. The average molecular weight is 364 g/mol. The molecule has 9 heteroatoms. The molecule has 0 fully saturated rings. The van der Waals surface area contributed by atoms with Crippen LogP contribution in [-0.2, 0) is 10.0 Å². The molecule has 2 N–H and O–H groups in total. The van der Waals surface area contributed by atoms with Gasteiger partial charge in [-0.2, -0.15) is 0 Å². The van der Waals surface area contributed by atoms with Crippen LogP contribution >= 0.6 is 22.6 Å². The molecular formula is C7H7F2IN2O3S. The Bertz CT molecular complexity index is 507. The molecule has 0 saturated carbocycles. The molecule has 1 aromatic rings. The summed E-state index contributed by atoms with van der Waals surface area (Å²) in [5, 5.41) is 4.89. The van der Waals surface area contributed by atoms with E-state index in [4.69, 9.17) is 5.14 Å². The van der Waals surface area contributed by atoms with Gasteiger partial charge in [-0.15, -0.1) is 0 Å². The van der Waals surface area contributed by atoms with Gasteiger partial charge in [0, 0.05) is 0 Å². The Hall–Kier alpha value is -0.550. The van der Waals surface area contributed by atoms with Crippen molar-refractivity contribution < 1.29 is 21.9 Å². The number of aromatic nitrogens is 1. The highest BCUT2D eigenvalue weighted by molar-refractivity contribution is 14.1. The fourth-order valence-corrected chi connectivity index (χ4v) is 2.57. The van der Waals surface area contributed by atoms with Crippen molar-refractivity contribution >= 4 is 32.6 Å². The van der Waals surface area contributed by atoms with E-state index in [-0.39, 0.29) is 3.70 Å². The van der Waals surface area contributed by atoms with Crippen LogP contribution in [0, 0.1) is 3.70 Å². The van der Waals surface area contributed by atoms with E-state index in [1.807, 2.05) is 0 Å². The summed E-state index contributed by atoms with van der Waals surface area (Å²) in [6.45, 7) is 0. The van der Waals surface area contributed by atoms with E-state index in [1.54, 1.807) is 22.6 Å². The molecule has 0 spiro atoms. The van der Waals surface area contributed by atoms with Crippen LogP contribution in [-0.4, -0.2) is 20.5 Å². The summed E-state index contributed by atoms with van der Waals surface area (Å²) in [6.07, 6.45) is -2.94. The number of ether oxygens (including phenoxy) is 1. The number of nitrogens with two attached hydrogens (primary N) is 1. The molecule has 0 bridgehead atoms. The SMILES string of the molecule is COc1c(S(N)(=O)=O)cc(I)nc1C(F)F. The number of pyridine rings is 1. The number of halogens is 3. The summed E-state index contributed by atoms with van der Waals surface area (Å²) in [4.78, 5) is 3.01. The third kappa shape index (κ3) is 2.77. The molecule has 0 aliphatic rings. The molecule has 0 atom stereocenters. The maximum absolute atomic E-state index is 12.6. The van der Waals surface area contributed by atoms with Gasteiger partial charge in [0.15, 0.2) is 11.4 Å². The smallest absolute Gasteiger partial charge is 0.284 e. The quantitative estimate of drug-likeness (QED) is 0.647. The summed E-state index contributed by atoms with van der Waals surface area (Å²) < 4.78 is 52.2. The number of alkyl halides is 2. The lowest BCUT2D eigenvalue weighted by molar-refractivity contribution is 0.140. The van der Waals surface area contributed by atoms with E-state index < -0.39 is 32.8 Å². The summed E-state index contributed by atoms with van der Waals surface area (Å²) in [5.74, 6) is -0.516. The predicted octanol–water partition coefficient (Wildman–Crippen LogP) is 1.28. The van der Waals surface area contributed by atoms with Crippen molar-refractivity contribution in [3.05, 3.63) is 15.5 Å². The second-order valence-corrected chi connectivity index (χ2v) is 5.34. The van der Waals surface area contributed by atoms with Crippen LogP contribution in [0.3, 0.4) is 0 Å². The van der Waals surface area contributed by atoms with Gasteiger partial charge in [0.25, 0.3) is 6.43 Å². The second kappa shape index (κ2) is 4.75. The Morgan fingerprint density at radius 2 is 2.12 bits per heavy atom. The normalized spacial score (nSPS) is 11.9. The summed E-state index contributed by atoms with van der Waals surface area (Å²) in [6, 6.07) is 1.07. The molecule has 5 nitrogen and oxygen atoms in total. The fourth-order valence-electron chi connectivity index (χ4n) is 1.06. The topological polar surface area (TPSA) is 82.3 Å². The number of hydrogen-bond donors (Lipinski definition) is 1. The van der Waals surface area contributed by atoms with Gasteiger partial charge in [-0.3, -0.25) is 0 Å². The van der Waals surface area contributed by atoms with Gasteiger partial charge in [0.2, 0.25) is 10.0 Å². The Morgan fingerprint density at radius 1 is 1.56 bits per heavy atom. The zero-order valence-corrected chi connectivity index (χ0v) is 10.9. The van der Waals surface area contributed by atoms with Gasteiger partial charge in [-0.05, 0) is 28.7 Å². The third-order valence-corrected chi connectivity index (χ3v) is 3.12. The molecule has 0 aromatic carbocycles. The van der Waals surface area contributed by atoms with Crippen molar-refractivity contribution in [1.29, 1.82) is 0 Å². The average Bonchev–Trinajstić information content (AvgIpc) is 2.14. The molecule has 1 heterocycles. The minimum absolute atomic E-state index is 0.0951. The number of sulfonamides is 1. The first-order chi connectivity index (χ1) is 7.27. The van der Waals surface area contributed by atoms with Crippen molar-refractivity contribution in [2.45, 2.75) is 11.3 Å². The lowest BCUT2D eigenvalue weighted by atomic mass is 10.3. The number of nitrogens with zero attached hydrogens (tertiary/aromatic N) is 1. The second-order valence-electron chi connectivity index (χ2n) is 2.71. The van der Waals surface area contributed by atoms with Crippen molar-refractivity contribution in [3.8, 4) is 5.75 Å². The molecular weight excluding hydrogens is 357 g/mol. The van der Waals surface area contributed by atoms with Crippen molar-refractivity contribution in [3.63, 3.8) is 0 Å². The van der Waals surface area contributed by atoms with Crippen LogP contribution in [0.4, 0.5) is 8.78 Å². The first kappa shape index (κ1) is 13.5. The molecule has 1 aromatic heterocycles. The molecule has 0 amide bonds. The van der Waals surface area contributed by atoms with Gasteiger partial charge in [-0.25, -0.2) is 27.3 Å². The molecule has 0 aliphatic heterocycles. The zero-order chi connectivity index (χ0) is 12.5. The van der Waals surface area contributed by atoms with E-state index >= 15 is 0 Å². The highest BCUT2D eigenvalue weighted by Crippen LogP contribution is 2.33. The van der Waals surface area contributed by atoms with Gasteiger partial charge >= 0.3 is 0 Å². The first-order valence-corrected chi connectivity index (χ1v) is 6.45. The van der Waals surface area contributed by atoms with Gasteiger partial charge in [-0.1, -0.05) is 0 Å². The number of hydrogen-bond acceptors (Lipinski definition) is 4. The fraction of sp³-hybridized carbons (Fsp3) is 0.286. The minimum atomic E-state index is -4.13.